The van der Waals surface area contributed by atoms with E-state index in [1.807, 2.05) is 24.3 Å². The molecule has 2 fully saturated rings. The molecule has 2 aromatic heterocycles. The summed E-state index contributed by atoms with van der Waals surface area (Å²) in [5.74, 6) is 1.22. The van der Waals surface area contributed by atoms with Crippen LogP contribution in [0, 0.1) is 11.8 Å². The van der Waals surface area contributed by atoms with E-state index in [4.69, 9.17) is 26.1 Å². The summed E-state index contributed by atoms with van der Waals surface area (Å²) >= 11 is 6.46. The molecule has 0 spiro atoms. The minimum atomic E-state index is -0.388. The second-order valence-corrected chi connectivity index (χ2v) is 9.31. The largest absolute Gasteiger partial charge is 0.453 e. The summed E-state index contributed by atoms with van der Waals surface area (Å²) in [4.78, 5) is 35.5. The first-order valence-electron chi connectivity index (χ1n) is 11.8. The Balaban J connectivity index is 1.42. The van der Waals surface area contributed by atoms with E-state index in [1.54, 1.807) is 11.1 Å². The summed E-state index contributed by atoms with van der Waals surface area (Å²) in [5.41, 5.74) is 2.11. The molecule has 9 heteroatoms. The van der Waals surface area contributed by atoms with Gasteiger partial charge in [-0.1, -0.05) is 17.7 Å². The number of piperidine rings is 1. The van der Waals surface area contributed by atoms with Crippen LogP contribution in [0.25, 0.3) is 11.3 Å². The zero-order valence-electron chi connectivity index (χ0n) is 19.5. The number of rotatable bonds is 7. The molecule has 0 unspecified atom stereocenters. The van der Waals surface area contributed by atoms with Crippen LogP contribution >= 0.6 is 11.6 Å². The predicted molar refractivity (Wildman–Crippen MR) is 130 cm³/mol. The number of carbonyl (C=O) groups excluding carboxylic acids is 2. The molecule has 4 heterocycles. The van der Waals surface area contributed by atoms with Crippen molar-refractivity contribution in [3.63, 3.8) is 0 Å². The van der Waals surface area contributed by atoms with E-state index in [0.29, 0.717) is 29.7 Å². The number of nitrogens with zero attached hydrogens (tertiary/aromatic N) is 3. The number of likely N-dealkylation sites (tertiary alicyclic amines) is 1. The molecule has 4 rings (SSSR count). The number of amides is 1. The molecule has 2 aliphatic heterocycles. The molecule has 2 aromatic rings. The molecule has 0 aromatic carbocycles. The Labute approximate surface area is 205 Å². The monoisotopic (exact) mass is 486 g/mol. The SMILES string of the molecule is COC(=O)N1CCC[C@@H](C(=O)Cc2cc(-c3cccc(NCC4CCOCC4)n3)c(Cl)cn2)C1. The van der Waals surface area contributed by atoms with E-state index >= 15 is 0 Å². The molecular formula is C25H31ClN4O4. The highest BCUT2D eigenvalue weighted by atomic mass is 35.5. The average molecular weight is 487 g/mol. The van der Waals surface area contributed by atoms with Gasteiger partial charge in [0.2, 0.25) is 0 Å². The van der Waals surface area contributed by atoms with Crippen molar-refractivity contribution in [3.8, 4) is 11.3 Å². The topological polar surface area (TPSA) is 93.7 Å². The van der Waals surface area contributed by atoms with Crippen molar-refractivity contribution in [2.45, 2.75) is 32.1 Å². The van der Waals surface area contributed by atoms with Gasteiger partial charge in [-0.15, -0.1) is 0 Å². The van der Waals surface area contributed by atoms with Crippen molar-refractivity contribution in [3.05, 3.63) is 41.2 Å². The minimum absolute atomic E-state index is 0.0641. The van der Waals surface area contributed by atoms with Crippen LogP contribution in [0.1, 0.15) is 31.4 Å². The minimum Gasteiger partial charge on any atom is -0.453 e. The zero-order valence-corrected chi connectivity index (χ0v) is 20.2. The second-order valence-electron chi connectivity index (χ2n) is 8.90. The van der Waals surface area contributed by atoms with Gasteiger partial charge in [0.25, 0.3) is 0 Å². The summed E-state index contributed by atoms with van der Waals surface area (Å²) in [6.07, 6.45) is 5.02. The van der Waals surface area contributed by atoms with Crippen LogP contribution in [0.3, 0.4) is 0 Å². The molecule has 0 saturated carbocycles. The highest BCUT2D eigenvalue weighted by Crippen LogP contribution is 2.28. The fourth-order valence-electron chi connectivity index (χ4n) is 4.52. The number of ketones is 1. The zero-order chi connectivity index (χ0) is 23.9. The van der Waals surface area contributed by atoms with E-state index in [0.717, 1.165) is 62.5 Å². The van der Waals surface area contributed by atoms with Crippen molar-refractivity contribution in [2.75, 3.05) is 45.3 Å². The van der Waals surface area contributed by atoms with Crippen molar-refractivity contribution in [1.82, 2.24) is 14.9 Å². The van der Waals surface area contributed by atoms with Gasteiger partial charge in [-0.2, -0.15) is 0 Å². The number of methoxy groups -OCH3 is 1. The summed E-state index contributed by atoms with van der Waals surface area (Å²) in [5, 5.41) is 3.92. The average Bonchev–Trinajstić information content (AvgIpc) is 2.89. The maximum absolute atomic E-state index is 13.0. The molecule has 34 heavy (non-hydrogen) atoms. The summed E-state index contributed by atoms with van der Waals surface area (Å²) in [7, 11) is 1.36. The molecule has 1 atom stereocenters. The standard InChI is InChI=1S/C25H31ClN4O4/c1-33-25(32)30-9-3-4-18(16-30)23(31)13-19-12-20(21(26)15-27-19)22-5-2-6-24(29-22)28-14-17-7-10-34-11-8-17/h2,5-6,12,15,17-18H,3-4,7-11,13-14,16H2,1H3,(H,28,29)/t18-/m1/s1. The third-order valence-electron chi connectivity index (χ3n) is 6.51. The Kier molecular flexibility index (Phi) is 8.34. The number of carbonyl (C=O) groups is 2. The highest BCUT2D eigenvalue weighted by molar-refractivity contribution is 6.33. The van der Waals surface area contributed by atoms with Gasteiger partial charge in [0, 0.05) is 62.6 Å². The molecule has 1 amide bonds. The Hall–Kier alpha value is -2.71. The number of pyridine rings is 2. The number of aromatic nitrogens is 2. The lowest BCUT2D eigenvalue weighted by Gasteiger charge is -2.30. The maximum Gasteiger partial charge on any atom is 0.409 e. The summed E-state index contributed by atoms with van der Waals surface area (Å²) < 4.78 is 10.2. The molecular weight excluding hydrogens is 456 g/mol. The molecule has 0 radical (unpaired) electrons. The van der Waals surface area contributed by atoms with E-state index < -0.39 is 0 Å². The summed E-state index contributed by atoms with van der Waals surface area (Å²) in [6, 6.07) is 7.63. The predicted octanol–water partition coefficient (Wildman–Crippen LogP) is 4.23. The van der Waals surface area contributed by atoms with E-state index in [2.05, 4.69) is 10.3 Å². The Morgan fingerprint density at radius 1 is 1.26 bits per heavy atom. The Bertz CT molecular complexity index is 1010. The van der Waals surface area contributed by atoms with E-state index in [-0.39, 0.29) is 24.2 Å². The van der Waals surface area contributed by atoms with Gasteiger partial charge >= 0.3 is 6.09 Å². The van der Waals surface area contributed by atoms with Gasteiger partial charge in [0.15, 0.2) is 0 Å². The molecule has 1 N–H and O–H groups in total. The molecule has 2 aliphatic rings. The van der Waals surface area contributed by atoms with Crippen LogP contribution in [0.5, 0.6) is 0 Å². The number of anilines is 1. The number of ether oxygens (including phenoxy) is 2. The first-order valence-corrected chi connectivity index (χ1v) is 12.2. The molecule has 0 aliphatic carbocycles. The highest BCUT2D eigenvalue weighted by Gasteiger charge is 2.29. The first kappa shape index (κ1) is 24.4. The molecule has 2 saturated heterocycles. The molecule has 0 bridgehead atoms. The number of hydrogen-bond acceptors (Lipinski definition) is 7. The summed E-state index contributed by atoms with van der Waals surface area (Å²) in [6.45, 7) is 3.48. The van der Waals surface area contributed by atoms with Gasteiger partial charge in [0.05, 0.1) is 17.8 Å². The quantitative estimate of drug-likeness (QED) is 0.626. The van der Waals surface area contributed by atoms with Gasteiger partial charge in [0.1, 0.15) is 11.6 Å². The number of nitrogens with one attached hydrogen (secondary N) is 1. The van der Waals surface area contributed by atoms with Crippen LogP contribution in [0.4, 0.5) is 10.6 Å². The van der Waals surface area contributed by atoms with Crippen molar-refractivity contribution in [1.29, 1.82) is 0 Å². The van der Waals surface area contributed by atoms with E-state index in [9.17, 15) is 9.59 Å². The lowest BCUT2D eigenvalue weighted by molar-refractivity contribution is -0.123. The van der Waals surface area contributed by atoms with Gasteiger partial charge in [-0.3, -0.25) is 9.78 Å². The Morgan fingerprint density at radius 3 is 2.88 bits per heavy atom. The molecule has 8 nitrogen and oxygen atoms in total. The lowest BCUT2D eigenvalue weighted by Crippen LogP contribution is -2.42. The number of halogens is 1. The van der Waals surface area contributed by atoms with Gasteiger partial charge < -0.3 is 19.7 Å². The van der Waals surface area contributed by atoms with Crippen molar-refractivity contribution >= 4 is 29.3 Å². The van der Waals surface area contributed by atoms with Gasteiger partial charge in [-0.05, 0) is 49.8 Å². The van der Waals surface area contributed by atoms with E-state index in [1.165, 1.54) is 7.11 Å². The second kappa shape index (κ2) is 11.6. The third-order valence-corrected chi connectivity index (χ3v) is 6.82. The maximum atomic E-state index is 13.0. The van der Waals surface area contributed by atoms with Crippen LogP contribution in [0.15, 0.2) is 30.5 Å². The fourth-order valence-corrected chi connectivity index (χ4v) is 4.72. The normalized spacial score (nSPS) is 19.0. The van der Waals surface area contributed by atoms with Crippen LogP contribution < -0.4 is 5.32 Å². The fraction of sp³-hybridized carbons (Fsp3) is 0.520. The third kappa shape index (κ3) is 6.24. The molecule has 182 valence electrons. The van der Waals surface area contributed by atoms with Gasteiger partial charge in [-0.25, -0.2) is 9.78 Å². The lowest BCUT2D eigenvalue weighted by atomic mass is 9.91. The van der Waals surface area contributed by atoms with Crippen molar-refractivity contribution < 1.29 is 19.1 Å². The van der Waals surface area contributed by atoms with Crippen LogP contribution in [0.2, 0.25) is 5.02 Å². The van der Waals surface area contributed by atoms with Crippen LogP contribution in [-0.2, 0) is 20.7 Å². The smallest absolute Gasteiger partial charge is 0.409 e. The number of Topliss-reactive ketones (excluding diaryl/α,β-unsaturated/α-hetero) is 1. The Morgan fingerprint density at radius 2 is 2.09 bits per heavy atom. The van der Waals surface area contributed by atoms with Crippen LogP contribution in [-0.4, -0.2) is 66.7 Å². The number of hydrogen-bond donors (Lipinski definition) is 1. The first-order chi connectivity index (χ1) is 16.5. The van der Waals surface area contributed by atoms with Crippen molar-refractivity contribution in [2.24, 2.45) is 11.8 Å².